The molecule has 1 N–H and O–H groups in total. The molecule has 0 aliphatic heterocycles. The van der Waals surface area contributed by atoms with E-state index in [0.717, 1.165) is 7.11 Å². The minimum absolute atomic E-state index is 0.944. The summed E-state index contributed by atoms with van der Waals surface area (Å²) in [6, 6.07) is 0. The number of hydroxylamine groups is 1. The van der Waals surface area contributed by atoms with Crippen LogP contribution < -0.4 is 5.48 Å². The molecule has 0 aliphatic carbocycles. The number of carbonyl (C=O) groups excluding carboxylic acids is 1. The maximum atomic E-state index is 12.0. The van der Waals surface area contributed by atoms with Crippen molar-refractivity contribution in [3.63, 3.8) is 0 Å². The van der Waals surface area contributed by atoms with Gasteiger partial charge in [0, 0.05) is 7.11 Å². The molecular weight excluding hydrogens is 153 g/mol. The summed E-state index contributed by atoms with van der Waals surface area (Å²) < 4.78 is 16.0. The molecule has 68 valence electrons. The maximum Gasteiger partial charge on any atom is 0.305 e. The van der Waals surface area contributed by atoms with E-state index in [4.69, 9.17) is 0 Å². The van der Waals surface area contributed by atoms with Crippen molar-refractivity contribution in [1.82, 2.24) is 5.48 Å². The lowest BCUT2D eigenvalue weighted by molar-refractivity contribution is -0.152. The fourth-order valence-corrected chi connectivity index (χ4v) is 0.254. The molecule has 0 fully saturated rings. The number of hydrogen-bond donors (Lipinski definition) is 1. The Morgan fingerprint density at radius 2 is 1.91 bits per heavy atom. The van der Waals surface area contributed by atoms with Gasteiger partial charge in [-0.05, 0) is 0 Å². The van der Waals surface area contributed by atoms with Gasteiger partial charge in [0.2, 0.25) is 0 Å². The fourth-order valence-electron chi connectivity index (χ4n) is 0.254. The van der Waals surface area contributed by atoms with Crippen LogP contribution in [0.15, 0.2) is 0 Å². The van der Waals surface area contributed by atoms with E-state index in [1.54, 1.807) is 5.48 Å². The zero-order chi connectivity index (χ0) is 9.28. The lowest BCUT2D eigenvalue weighted by Crippen LogP contribution is -2.31. The van der Waals surface area contributed by atoms with E-state index in [1.807, 2.05) is 13.8 Å². The summed E-state index contributed by atoms with van der Waals surface area (Å²) in [6.45, 7) is 4.00. The van der Waals surface area contributed by atoms with E-state index in [-0.39, 0.29) is 0 Å². The number of rotatable bonds is 3. The highest BCUT2D eigenvalue weighted by Crippen LogP contribution is 1.88. The van der Waals surface area contributed by atoms with E-state index in [0.29, 0.717) is 0 Å². The Hall–Kier alpha value is -0.680. The summed E-state index contributed by atoms with van der Waals surface area (Å²) in [6.07, 6.45) is -1.95. The summed E-state index contributed by atoms with van der Waals surface area (Å²) in [5, 5.41) is 0. The highest BCUT2D eigenvalue weighted by atomic mass is 19.1. The Bertz CT molecular complexity index is 99.8. The molecule has 11 heavy (non-hydrogen) atoms. The fraction of sp³-hybridized carbons (Fsp3) is 0.833. The van der Waals surface area contributed by atoms with Crippen LogP contribution in [0.3, 0.4) is 0 Å². The van der Waals surface area contributed by atoms with E-state index >= 15 is 0 Å². The van der Waals surface area contributed by atoms with E-state index in [1.165, 1.54) is 7.11 Å². The molecule has 0 rings (SSSR count). The minimum Gasteiger partial charge on any atom is -0.344 e. The number of nitrogens with one attached hydrogen (secondary N) is 1. The van der Waals surface area contributed by atoms with Crippen LogP contribution in [0.4, 0.5) is 4.39 Å². The minimum atomic E-state index is -1.95. The van der Waals surface area contributed by atoms with Crippen molar-refractivity contribution in [2.24, 2.45) is 0 Å². The average molecular weight is 167 g/mol. The number of alkyl halides is 1. The Kier molecular flexibility index (Phi) is 11.0. The highest BCUT2D eigenvalue weighted by molar-refractivity contribution is 5.78. The van der Waals surface area contributed by atoms with Crippen molar-refractivity contribution in [2.75, 3.05) is 14.2 Å². The third-order valence-electron chi connectivity index (χ3n) is 0.616. The number of carbonyl (C=O) groups is 1. The summed E-state index contributed by atoms with van der Waals surface area (Å²) in [4.78, 5) is 14.3. The van der Waals surface area contributed by atoms with E-state index in [2.05, 4.69) is 9.57 Å². The van der Waals surface area contributed by atoms with Crippen molar-refractivity contribution in [3.05, 3.63) is 0 Å². The second kappa shape index (κ2) is 9.32. The number of methoxy groups -OCH3 is 1. The molecule has 0 heterocycles. The molecule has 0 aromatic rings. The van der Waals surface area contributed by atoms with Crippen LogP contribution in [-0.4, -0.2) is 26.5 Å². The summed E-state index contributed by atoms with van der Waals surface area (Å²) in [5.74, 6) is -0.944. The van der Waals surface area contributed by atoms with Crippen LogP contribution in [0.5, 0.6) is 0 Å². The monoisotopic (exact) mass is 167 g/mol. The Labute approximate surface area is 65.6 Å². The molecule has 1 amide bonds. The molecule has 1 unspecified atom stereocenters. The zero-order valence-corrected chi connectivity index (χ0v) is 7.18. The van der Waals surface area contributed by atoms with Gasteiger partial charge < -0.3 is 4.74 Å². The molecule has 5 heteroatoms. The van der Waals surface area contributed by atoms with Gasteiger partial charge in [-0.2, -0.15) is 0 Å². The highest BCUT2D eigenvalue weighted by Gasteiger charge is 2.14. The van der Waals surface area contributed by atoms with Crippen LogP contribution in [0, 0.1) is 0 Å². The van der Waals surface area contributed by atoms with Gasteiger partial charge in [0.1, 0.15) is 0 Å². The van der Waals surface area contributed by atoms with Gasteiger partial charge in [-0.3, -0.25) is 9.63 Å². The standard InChI is InChI=1S/C4H8FNO3.C2H6/c1-8-3(5)4(7)6-9-2;1-2/h3H,1-2H3,(H,6,7);1-2H3. The smallest absolute Gasteiger partial charge is 0.305 e. The van der Waals surface area contributed by atoms with Crippen molar-refractivity contribution in [2.45, 2.75) is 20.2 Å². The molecule has 0 aromatic carbocycles. The molecule has 0 saturated carbocycles. The quantitative estimate of drug-likeness (QED) is 0.627. The molecule has 1 atom stereocenters. The van der Waals surface area contributed by atoms with Gasteiger partial charge in [-0.25, -0.2) is 9.87 Å². The number of ether oxygens (including phenoxy) is 1. The van der Waals surface area contributed by atoms with Gasteiger partial charge in [0.05, 0.1) is 7.11 Å². The van der Waals surface area contributed by atoms with Gasteiger partial charge in [0.25, 0.3) is 6.36 Å². The lowest BCUT2D eigenvalue weighted by Gasteiger charge is -2.03. The number of amides is 1. The summed E-state index contributed by atoms with van der Waals surface area (Å²) >= 11 is 0. The predicted molar refractivity (Wildman–Crippen MR) is 38.4 cm³/mol. The predicted octanol–water partition coefficient (Wildman–Crippen LogP) is 0.632. The maximum absolute atomic E-state index is 12.0. The molecule has 0 radical (unpaired) electrons. The topological polar surface area (TPSA) is 47.6 Å². The molecule has 4 nitrogen and oxygen atoms in total. The number of hydrogen-bond acceptors (Lipinski definition) is 3. The third kappa shape index (κ3) is 7.21. The van der Waals surface area contributed by atoms with Gasteiger partial charge in [-0.15, -0.1) is 0 Å². The SMILES string of the molecule is CC.CONC(=O)C(F)OC. The first-order valence-electron chi connectivity index (χ1n) is 3.22. The first-order valence-corrected chi connectivity index (χ1v) is 3.22. The van der Waals surface area contributed by atoms with Crippen molar-refractivity contribution >= 4 is 5.91 Å². The van der Waals surface area contributed by atoms with Crippen LogP contribution in [0.1, 0.15) is 13.8 Å². The van der Waals surface area contributed by atoms with Crippen LogP contribution in [-0.2, 0) is 14.4 Å². The van der Waals surface area contributed by atoms with Crippen LogP contribution in [0.2, 0.25) is 0 Å². The van der Waals surface area contributed by atoms with Gasteiger partial charge in [0.15, 0.2) is 0 Å². The first kappa shape index (κ1) is 12.9. The summed E-state index contributed by atoms with van der Waals surface area (Å²) in [7, 11) is 2.29. The van der Waals surface area contributed by atoms with Crippen molar-refractivity contribution in [1.29, 1.82) is 0 Å². The molecule has 0 spiro atoms. The second-order valence-corrected chi connectivity index (χ2v) is 1.22. The van der Waals surface area contributed by atoms with Gasteiger partial charge >= 0.3 is 5.91 Å². The normalized spacial score (nSPS) is 11.0. The second-order valence-electron chi connectivity index (χ2n) is 1.22. The third-order valence-corrected chi connectivity index (χ3v) is 0.616. The Morgan fingerprint density at radius 1 is 1.45 bits per heavy atom. The first-order chi connectivity index (χ1) is 5.22. The van der Waals surface area contributed by atoms with Crippen LogP contribution in [0.25, 0.3) is 0 Å². The van der Waals surface area contributed by atoms with E-state index < -0.39 is 12.3 Å². The lowest BCUT2D eigenvalue weighted by atomic mass is 10.6. The average Bonchev–Trinajstić information content (AvgIpc) is 2.07. The Balaban J connectivity index is 0. The molecule has 0 bridgehead atoms. The molecule has 0 aromatic heterocycles. The van der Waals surface area contributed by atoms with E-state index in [9.17, 15) is 9.18 Å². The van der Waals surface area contributed by atoms with Crippen LogP contribution >= 0.6 is 0 Å². The molecule has 0 saturated heterocycles. The van der Waals surface area contributed by atoms with Crippen molar-refractivity contribution in [3.8, 4) is 0 Å². The van der Waals surface area contributed by atoms with Crippen molar-refractivity contribution < 1.29 is 18.8 Å². The Morgan fingerprint density at radius 3 is 2.18 bits per heavy atom. The summed E-state index contributed by atoms with van der Waals surface area (Å²) in [5.41, 5.74) is 1.76. The zero-order valence-electron chi connectivity index (χ0n) is 7.18. The largest absolute Gasteiger partial charge is 0.344 e. The molecular formula is C6H14FNO3. The molecule has 0 aliphatic rings. The number of halogens is 1. The van der Waals surface area contributed by atoms with Gasteiger partial charge in [-0.1, -0.05) is 13.8 Å².